The van der Waals surface area contributed by atoms with Gasteiger partial charge in [-0.25, -0.2) is 0 Å². The minimum Gasteiger partial charge on any atom is -0.375 e. The molecule has 0 aliphatic carbocycles. The molecule has 1 nitrogen and oxygen atoms in total. The van der Waals surface area contributed by atoms with Crippen LogP contribution in [0.25, 0.3) is 0 Å². The molecule has 0 bridgehead atoms. The van der Waals surface area contributed by atoms with E-state index in [0.717, 1.165) is 9.75 Å². The summed E-state index contributed by atoms with van der Waals surface area (Å²) >= 11 is 3.08. The van der Waals surface area contributed by atoms with Crippen LogP contribution in [0.5, 0.6) is 0 Å². The fraction of sp³-hybridized carbons (Fsp3) is 0.0909. The van der Waals surface area contributed by atoms with Gasteiger partial charge in [0.25, 0.3) is 0 Å². The first kappa shape index (κ1) is 9.65. The summed E-state index contributed by atoms with van der Waals surface area (Å²) in [5.74, 6) is 0. The van der Waals surface area contributed by atoms with Gasteiger partial charge in [-0.3, -0.25) is 0 Å². The molecule has 0 radical (unpaired) electrons. The van der Waals surface area contributed by atoms with Crippen LogP contribution in [0, 0.1) is 0 Å². The topological polar surface area (TPSA) is 20.2 Å². The van der Waals surface area contributed by atoms with Crippen LogP contribution in [0.2, 0.25) is 0 Å². The lowest BCUT2D eigenvalue weighted by Gasteiger charge is -2.21. The summed E-state index contributed by atoms with van der Waals surface area (Å²) in [7, 11) is 0. The second-order valence-corrected chi connectivity index (χ2v) is 4.82. The Balaban J connectivity index is 2.51. The molecule has 0 spiro atoms. The normalized spacial score (nSPS) is 11.5. The lowest BCUT2D eigenvalue weighted by molar-refractivity contribution is 0.143. The number of hydrogen-bond acceptors (Lipinski definition) is 3. The van der Waals surface area contributed by atoms with Crippen LogP contribution >= 0.6 is 22.7 Å². The third-order valence-corrected chi connectivity index (χ3v) is 4.08. The molecule has 2 aromatic rings. The van der Waals surface area contributed by atoms with Gasteiger partial charge in [0.05, 0.1) is 0 Å². The van der Waals surface area contributed by atoms with E-state index in [1.165, 1.54) is 22.7 Å². The highest BCUT2D eigenvalue weighted by atomic mass is 32.1. The van der Waals surface area contributed by atoms with Crippen molar-refractivity contribution in [2.24, 2.45) is 0 Å². The van der Waals surface area contributed by atoms with Crippen molar-refractivity contribution in [1.29, 1.82) is 0 Å². The fourth-order valence-electron chi connectivity index (χ4n) is 1.31. The molecule has 0 unspecified atom stereocenters. The van der Waals surface area contributed by atoms with Crippen molar-refractivity contribution in [1.82, 2.24) is 0 Å². The van der Waals surface area contributed by atoms with Gasteiger partial charge >= 0.3 is 0 Å². The lowest BCUT2D eigenvalue weighted by Crippen LogP contribution is -2.21. The van der Waals surface area contributed by atoms with E-state index in [4.69, 9.17) is 0 Å². The van der Waals surface area contributed by atoms with E-state index in [1.807, 2.05) is 35.0 Å². The standard InChI is InChI=1S/C11H10OS2/c1-2-11(12,9-5-3-7-13-9)10-6-4-8-14-10/h2-8,12H,1H2. The molecule has 0 amide bonds. The van der Waals surface area contributed by atoms with Gasteiger partial charge in [-0.2, -0.15) is 0 Å². The van der Waals surface area contributed by atoms with E-state index in [9.17, 15) is 5.11 Å². The van der Waals surface area contributed by atoms with Crippen LogP contribution in [0.15, 0.2) is 47.7 Å². The molecule has 0 aromatic carbocycles. The van der Waals surface area contributed by atoms with E-state index in [2.05, 4.69) is 6.58 Å². The van der Waals surface area contributed by atoms with E-state index in [0.29, 0.717) is 0 Å². The SMILES string of the molecule is C=CC(O)(c1cccs1)c1cccs1. The summed E-state index contributed by atoms with van der Waals surface area (Å²) in [6.45, 7) is 3.71. The monoisotopic (exact) mass is 222 g/mol. The summed E-state index contributed by atoms with van der Waals surface area (Å²) in [4.78, 5) is 1.82. The summed E-state index contributed by atoms with van der Waals surface area (Å²) in [6.07, 6.45) is 1.59. The van der Waals surface area contributed by atoms with Crippen LogP contribution < -0.4 is 0 Å². The van der Waals surface area contributed by atoms with Gasteiger partial charge in [0.15, 0.2) is 5.60 Å². The lowest BCUT2D eigenvalue weighted by atomic mass is 10.0. The Labute approximate surface area is 91.0 Å². The molecule has 0 atom stereocenters. The smallest absolute Gasteiger partial charge is 0.151 e. The maximum atomic E-state index is 10.4. The first-order chi connectivity index (χ1) is 6.77. The quantitative estimate of drug-likeness (QED) is 0.790. The largest absolute Gasteiger partial charge is 0.375 e. The molecule has 1 N–H and O–H groups in total. The van der Waals surface area contributed by atoms with Crippen LogP contribution in [-0.2, 0) is 5.60 Å². The third-order valence-electron chi connectivity index (χ3n) is 2.09. The Hall–Kier alpha value is -0.900. The second kappa shape index (κ2) is 3.69. The summed E-state index contributed by atoms with van der Waals surface area (Å²) in [5, 5.41) is 14.4. The van der Waals surface area contributed by atoms with E-state index in [-0.39, 0.29) is 0 Å². The molecule has 3 heteroatoms. The first-order valence-electron chi connectivity index (χ1n) is 4.21. The van der Waals surface area contributed by atoms with Gasteiger partial charge in [-0.1, -0.05) is 18.7 Å². The summed E-state index contributed by atoms with van der Waals surface area (Å²) < 4.78 is 0. The van der Waals surface area contributed by atoms with Crippen LogP contribution in [0.3, 0.4) is 0 Å². The molecule has 0 aliphatic heterocycles. The van der Waals surface area contributed by atoms with Crippen molar-refractivity contribution < 1.29 is 5.11 Å². The molecule has 14 heavy (non-hydrogen) atoms. The van der Waals surface area contributed by atoms with Gasteiger partial charge in [0.2, 0.25) is 0 Å². The van der Waals surface area contributed by atoms with Gasteiger partial charge in [0.1, 0.15) is 0 Å². The third kappa shape index (κ3) is 1.43. The predicted octanol–water partition coefficient (Wildman–Crippen LogP) is 3.23. The number of aliphatic hydroxyl groups is 1. The Kier molecular flexibility index (Phi) is 2.54. The fourth-order valence-corrected chi connectivity index (χ4v) is 3.05. The molecule has 0 aliphatic rings. The molecule has 0 fully saturated rings. The zero-order valence-corrected chi connectivity index (χ0v) is 9.15. The van der Waals surface area contributed by atoms with Crippen molar-refractivity contribution >= 4 is 22.7 Å². The first-order valence-corrected chi connectivity index (χ1v) is 5.97. The van der Waals surface area contributed by atoms with E-state index in [1.54, 1.807) is 6.08 Å². The zero-order valence-electron chi connectivity index (χ0n) is 7.51. The molecule has 72 valence electrons. The highest BCUT2D eigenvalue weighted by Gasteiger charge is 2.29. The molecular weight excluding hydrogens is 212 g/mol. The molecule has 0 saturated carbocycles. The number of hydrogen-bond donors (Lipinski definition) is 1. The zero-order chi connectivity index (χ0) is 10.0. The number of rotatable bonds is 3. The molecule has 2 aromatic heterocycles. The second-order valence-electron chi connectivity index (χ2n) is 2.93. The van der Waals surface area contributed by atoms with Crippen LogP contribution in [0.1, 0.15) is 9.75 Å². The maximum Gasteiger partial charge on any atom is 0.151 e. The average molecular weight is 222 g/mol. The maximum absolute atomic E-state index is 10.4. The Bertz CT molecular complexity index is 366. The Morgan fingerprint density at radius 2 is 1.64 bits per heavy atom. The Morgan fingerprint density at radius 3 is 1.93 bits per heavy atom. The minimum absolute atomic E-state index is 0.912. The van der Waals surface area contributed by atoms with E-state index < -0.39 is 5.60 Å². The molecule has 2 rings (SSSR count). The van der Waals surface area contributed by atoms with Crippen molar-refractivity contribution in [3.8, 4) is 0 Å². The van der Waals surface area contributed by atoms with Crippen molar-refractivity contribution in [3.05, 3.63) is 57.4 Å². The molecule has 0 saturated heterocycles. The van der Waals surface area contributed by atoms with E-state index >= 15 is 0 Å². The highest BCUT2D eigenvalue weighted by molar-refractivity contribution is 7.11. The summed E-state index contributed by atoms with van der Waals surface area (Å²) in [5.41, 5.74) is -1.01. The average Bonchev–Trinajstić information content (AvgIpc) is 2.88. The Morgan fingerprint density at radius 1 is 1.14 bits per heavy atom. The van der Waals surface area contributed by atoms with Crippen molar-refractivity contribution in [2.45, 2.75) is 5.60 Å². The van der Waals surface area contributed by atoms with Gasteiger partial charge in [0, 0.05) is 9.75 Å². The summed E-state index contributed by atoms with van der Waals surface area (Å²) in [6, 6.07) is 7.71. The van der Waals surface area contributed by atoms with Gasteiger partial charge in [-0.15, -0.1) is 22.7 Å². The predicted molar refractivity (Wildman–Crippen MR) is 61.8 cm³/mol. The van der Waals surface area contributed by atoms with Crippen LogP contribution in [-0.4, -0.2) is 5.11 Å². The molecule has 2 heterocycles. The van der Waals surface area contributed by atoms with Crippen molar-refractivity contribution in [2.75, 3.05) is 0 Å². The molecular formula is C11H10OS2. The number of thiophene rings is 2. The van der Waals surface area contributed by atoms with Gasteiger partial charge in [-0.05, 0) is 29.0 Å². The highest BCUT2D eigenvalue weighted by Crippen LogP contribution is 2.36. The van der Waals surface area contributed by atoms with Gasteiger partial charge < -0.3 is 5.11 Å². The van der Waals surface area contributed by atoms with Crippen molar-refractivity contribution in [3.63, 3.8) is 0 Å². The van der Waals surface area contributed by atoms with Crippen LogP contribution in [0.4, 0.5) is 0 Å². The minimum atomic E-state index is -1.01.